The van der Waals surface area contributed by atoms with Crippen LogP contribution in [0.4, 0.5) is 0 Å². The van der Waals surface area contributed by atoms with E-state index >= 15 is 0 Å². The first-order valence-corrected chi connectivity index (χ1v) is 31.5. The summed E-state index contributed by atoms with van der Waals surface area (Å²) < 4.78 is 16.9. The number of esters is 3. The van der Waals surface area contributed by atoms with Gasteiger partial charge in [0.2, 0.25) is 0 Å². The van der Waals surface area contributed by atoms with Gasteiger partial charge in [-0.15, -0.1) is 0 Å². The van der Waals surface area contributed by atoms with Crippen molar-refractivity contribution < 1.29 is 28.6 Å². The molecule has 0 fully saturated rings. The molecule has 432 valence electrons. The van der Waals surface area contributed by atoms with Crippen LogP contribution < -0.4 is 0 Å². The van der Waals surface area contributed by atoms with Gasteiger partial charge in [0.15, 0.2) is 6.10 Å². The van der Waals surface area contributed by atoms with Crippen molar-refractivity contribution in [3.8, 4) is 0 Å². The number of carbonyl (C=O) groups is 3. The van der Waals surface area contributed by atoms with Gasteiger partial charge in [0.25, 0.3) is 0 Å². The van der Waals surface area contributed by atoms with E-state index in [1.54, 1.807) is 0 Å². The van der Waals surface area contributed by atoms with Gasteiger partial charge in [-0.05, 0) is 128 Å². The molecule has 0 saturated carbocycles. The fourth-order valence-corrected chi connectivity index (χ4v) is 8.51. The van der Waals surface area contributed by atoms with Gasteiger partial charge in [0.05, 0.1) is 0 Å². The van der Waals surface area contributed by atoms with Crippen molar-refractivity contribution >= 4 is 17.9 Å². The fourth-order valence-electron chi connectivity index (χ4n) is 8.51. The molecule has 0 spiro atoms. The van der Waals surface area contributed by atoms with Crippen LogP contribution in [0.3, 0.4) is 0 Å². The molecule has 1 atom stereocenters. The lowest BCUT2D eigenvalue weighted by atomic mass is 10.1. The van der Waals surface area contributed by atoms with E-state index in [9.17, 15) is 14.4 Å². The Morgan fingerprint density at radius 3 is 0.829 bits per heavy atom. The number of carbonyl (C=O) groups excluding carboxylic acids is 3. The number of rotatable bonds is 56. The van der Waals surface area contributed by atoms with Crippen molar-refractivity contribution in [3.05, 3.63) is 122 Å². The summed E-state index contributed by atoms with van der Waals surface area (Å²) >= 11 is 0. The number of hydrogen-bond acceptors (Lipinski definition) is 6. The van der Waals surface area contributed by atoms with Gasteiger partial charge < -0.3 is 14.2 Å². The summed E-state index contributed by atoms with van der Waals surface area (Å²) in [5.41, 5.74) is 0. The van der Waals surface area contributed by atoms with E-state index in [1.165, 1.54) is 109 Å². The second-order valence-electron chi connectivity index (χ2n) is 20.5. The molecule has 0 aromatic heterocycles. The Hall–Kier alpha value is -4.19. The van der Waals surface area contributed by atoms with E-state index in [4.69, 9.17) is 14.2 Å². The molecule has 0 bridgehead atoms. The van der Waals surface area contributed by atoms with E-state index in [1.807, 2.05) is 0 Å². The van der Waals surface area contributed by atoms with Crippen LogP contribution >= 0.6 is 0 Å². The van der Waals surface area contributed by atoms with Crippen LogP contribution in [0.15, 0.2) is 122 Å². The van der Waals surface area contributed by atoms with Crippen molar-refractivity contribution in [2.75, 3.05) is 13.2 Å². The van der Waals surface area contributed by atoms with Crippen molar-refractivity contribution in [1.29, 1.82) is 0 Å². The zero-order chi connectivity index (χ0) is 55.0. The highest BCUT2D eigenvalue weighted by atomic mass is 16.6. The fraction of sp³-hybridized carbons (Fsp3) is 0.671. The van der Waals surface area contributed by atoms with Crippen molar-refractivity contribution in [1.82, 2.24) is 0 Å². The summed E-state index contributed by atoms with van der Waals surface area (Å²) in [5.74, 6) is -0.934. The zero-order valence-electron chi connectivity index (χ0n) is 49.5. The largest absolute Gasteiger partial charge is 0.462 e. The molecular weight excluding hydrogens is 937 g/mol. The maximum atomic E-state index is 12.9. The lowest BCUT2D eigenvalue weighted by Gasteiger charge is -2.18. The van der Waals surface area contributed by atoms with Crippen molar-refractivity contribution in [2.24, 2.45) is 0 Å². The lowest BCUT2D eigenvalue weighted by molar-refractivity contribution is -0.167. The Morgan fingerprint density at radius 1 is 0.276 bits per heavy atom. The normalized spacial score (nSPS) is 12.9. The smallest absolute Gasteiger partial charge is 0.306 e. The van der Waals surface area contributed by atoms with Crippen molar-refractivity contribution in [2.45, 2.75) is 290 Å². The SMILES string of the molecule is CC/C=C\C/C=C\C/C=C\C/C=C\C/C=C\C/C=C\CCCCCCCCCCCCC(=O)OCC(COC(=O)CCCCC/C=C\C/C=C\C/C=C\CC)OC(=O)CCCCCCC/C=C\CCCCCCCCC. The molecule has 76 heavy (non-hydrogen) atoms. The maximum Gasteiger partial charge on any atom is 0.306 e. The Morgan fingerprint density at radius 2 is 0.513 bits per heavy atom. The molecule has 0 aliphatic heterocycles. The van der Waals surface area contributed by atoms with Crippen LogP contribution in [0.25, 0.3) is 0 Å². The van der Waals surface area contributed by atoms with Gasteiger partial charge >= 0.3 is 17.9 Å². The van der Waals surface area contributed by atoms with Crippen LogP contribution in [0.2, 0.25) is 0 Å². The highest BCUT2D eigenvalue weighted by molar-refractivity contribution is 5.71. The van der Waals surface area contributed by atoms with Crippen LogP contribution in [0.5, 0.6) is 0 Å². The molecule has 0 rings (SSSR count). The van der Waals surface area contributed by atoms with E-state index in [0.717, 1.165) is 135 Å². The van der Waals surface area contributed by atoms with Gasteiger partial charge in [-0.25, -0.2) is 0 Å². The second-order valence-corrected chi connectivity index (χ2v) is 20.5. The molecule has 0 amide bonds. The molecule has 0 aromatic rings. The Labute approximate surface area is 469 Å². The van der Waals surface area contributed by atoms with Gasteiger partial charge in [0, 0.05) is 19.3 Å². The molecule has 6 heteroatoms. The van der Waals surface area contributed by atoms with E-state index in [0.29, 0.717) is 19.3 Å². The molecule has 0 aromatic carbocycles. The van der Waals surface area contributed by atoms with Gasteiger partial charge in [-0.3, -0.25) is 14.4 Å². The molecule has 1 unspecified atom stereocenters. The second kappa shape index (κ2) is 63.3. The highest BCUT2D eigenvalue weighted by Gasteiger charge is 2.19. The summed E-state index contributed by atoms with van der Waals surface area (Å²) in [6, 6.07) is 0. The van der Waals surface area contributed by atoms with Crippen LogP contribution in [-0.2, 0) is 28.6 Å². The third-order valence-electron chi connectivity index (χ3n) is 13.2. The third kappa shape index (κ3) is 60.7. The van der Waals surface area contributed by atoms with Crippen LogP contribution in [0, 0.1) is 0 Å². The topological polar surface area (TPSA) is 78.9 Å². The first kappa shape index (κ1) is 71.8. The monoisotopic (exact) mass is 1050 g/mol. The molecule has 6 nitrogen and oxygen atoms in total. The average molecular weight is 1050 g/mol. The molecular formula is C70H116O6. The molecule has 0 aliphatic rings. The number of hydrogen-bond donors (Lipinski definition) is 0. The molecule has 0 heterocycles. The van der Waals surface area contributed by atoms with Crippen LogP contribution in [0.1, 0.15) is 284 Å². The Balaban J connectivity index is 4.31. The number of unbranched alkanes of at least 4 members (excludes halogenated alkanes) is 25. The molecule has 0 N–H and O–H groups in total. The van der Waals surface area contributed by atoms with Gasteiger partial charge in [0.1, 0.15) is 13.2 Å². The molecule has 0 radical (unpaired) electrons. The Kier molecular flexibility index (Phi) is 59.9. The first-order valence-electron chi connectivity index (χ1n) is 31.5. The van der Waals surface area contributed by atoms with Gasteiger partial charge in [-0.2, -0.15) is 0 Å². The minimum atomic E-state index is -0.799. The van der Waals surface area contributed by atoms with E-state index in [-0.39, 0.29) is 31.1 Å². The van der Waals surface area contributed by atoms with Gasteiger partial charge in [-0.1, -0.05) is 258 Å². The average Bonchev–Trinajstić information content (AvgIpc) is 3.42. The zero-order valence-corrected chi connectivity index (χ0v) is 49.5. The standard InChI is InChI=1S/C70H116O6/c1-4-7-10-13-16-19-22-25-27-29-30-31-32-33-34-35-36-37-38-39-40-41-43-45-48-51-54-57-60-63-69(72)75-66-67(65-74-68(71)62-59-56-53-50-47-44-24-21-18-15-12-9-6-3)76-70(73)64-61-58-55-52-49-46-42-28-26-23-20-17-14-11-8-5-2/h7,9-10,12,16,18-19,21,25,27-28,30-31,33-34,36-37,42,44,47,67H,4-6,8,11,13-15,17,20,22-24,26,29,32,35,38-41,43,45-46,48-66H2,1-3H3/b10-7-,12-9-,19-16-,21-18-,27-25-,31-30-,34-33-,37-36-,42-28-,47-44-. The van der Waals surface area contributed by atoms with Crippen molar-refractivity contribution in [3.63, 3.8) is 0 Å². The molecule has 0 saturated heterocycles. The minimum Gasteiger partial charge on any atom is -0.462 e. The van der Waals surface area contributed by atoms with E-state index in [2.05, 4.69) is 142 Å². The van der Waals surface area contributed by atoms with E-state index < -0.39 is 6.10 Å². The summed E-state index contributed by atoms with van der Waals surface area (Å²) in [7, 11) is 0. The molecule has 0 aliphatic carbocycles. The Bertz CT molecular complexity index is 1590. The van der Waals surface area contributed by atoms with Crippen LogP contribution in [-0.4, -0.2) is 37.2 Å². The summed E-state index contributed by atoms with van der Waals surface area (Å²) in [4.78, 5) is 38.2. The quantitative estimate of drug-likeness (QED) is 0.0261. The highest BCUT2D eigenvalue weighted by Crippen LogP contribution is 2.15. The summed E-state index contributed by atoms with van der Waals surface area (Å²) in [6.45, 7) is 6.38. The predicted molar refractivity (Wildman–Crippen MR) is 330 cm³/mol. The predicted octanol–water partition coefficient (Wildman–Crippen LogP) is 21.6. The summed E-state index contributed by atoms with van der Waals surface area (Å²) in [6.07, 6.45) is 87.8. The third-order valence-corrected chi connectivity index (χ3v) is 13.2. The summed E-state index contributed by atoms with van der Waals surface area (Å²) in [5, 5.41) is 0. The number of ether oxygens (including phenoxy) is 3. The first-order chi connectivity index (χ1) is 37.5. The number of allylic oxidation sites excluding steroid dienone is 20. The minimum absolute atomic E-state index is 0.0946. The maximum absolute atomic E-state index is 12.9. The lowest BCUT2D eigenvalue weighted by Crippen LogP contribution is -2.30.